The molecule has 1 aliphatic carbocycles. The van der Waals surface area contributed by atoms with Gasteiger partial charge < -0.3 is 9.72 Å². The van der Waals surface area contributed by atoms with Crippen LogP contribution in [-0.2, 0) is 6.42 Å². The highest BCUT2D eigenvalue weighted by Crippen LogP contribution is 2.38. The molecule has 0 amide bonds. The molecule has 0 radical (unpaired) electrons. The van der Waals surface area contributed by atoms with Crippen molar-refractivity contribution in [3.05, 3.63) is 71.8 Å². The van der Waals surface area contributed by atoms with Crippen LogP contribution in [0.5, 0.6) is 5.75 Å². The molecule has 1 saturated heterocycles. The van der Waals surface area contributed by atoms with Crippen LogP contribution >= 0.6 is 0 Å². The average molecular weight is 461 g/mol. The van der Waals surface area contributed by atoms with Crippen LogP contribution in [0.1, 0.15) is 42.7 Å². The fourth-order valence-corrected chi connectivity index (χ4v) is 6.18. The number of H-pyrrole nitrogens is 1. The van der Waals surface area contributed by atoms with Crippen LogP contribution in [0.15, 0.2) is 54.9 Å². The third-order valence-corrected chi connectivity index (χ3v) is 8.04. The molecule has 6 rings (SSSR count). The van der Waals surface area contributed by atoms with Crippen LogP contribution in [0.3, 0.4) is 0 Å². The lowest BCUT2D eigenvalue weighted by Gasteiger charge is -2.45. The number of hydrogen-bond acceptors (Lipinski definition) is 4. The Balaban J connectivity index is 1.06. The molecule has 0 spiro atoms. The third-order valence-electron chi connectivity index (χ3n) is 8.04. The van der Waals surface area contributed by atoms with E-state index in [4.69, 9.17) is 4.74 Å². The summed E-state index contributed by atoms with van der Waals surface area (Å²) < 4.78 is 19.2. The predicted octanol–water partition coefficient (Wildman–Crippen LogP) is 5.45. The van der Waals surface area contributed by atoms with Crippen molar-refractivity contribution in [3.63, 3.8) is 0 Å². The maximum absolute atomic E-state index is 13.8. The van der Waals surface area contributed by atoms with Crippen molar-refractivity contribution in [3.8, 4) is 5.75 Å². The van der Waals surface area contributed by atoms with E-state index in [-0.39, 0.29) is 5.82 Å². The molecule has 0 bridgehead atoms. The van der Waals surface area contributed by atoms with Crippen molar-refractivity contribution in [1.82, 2.24) is 14.9 Å². The zero-order valence-electron chi connectivity index (χ0n) is 19.8. The topological polar surface area (TPSA) is 34.7 Å². The third kappa shape index (κ3) is 3.99. The standard InChI is InChI=1S/C28H33FN4O/c1-34-24-9-11-28-21(17-24)3-2-12-33(28)32-15-13-31(14-16-32)23-7-4-20(5-8-23)26-19-30-27-10-6-22(29)18-25(26)27/h2,6,9-12,17-20,23,30H,3-5,7-8,13-16H2,1H3. The molecule has 2 aliphatic heterocycles. The Labute approximate surface area is 200 Å². The monoisotopic (exact) mass is 460 g/mol. The molecule has 2 aromatic carbocycles. The molecule has 34 heavy (non-hydrogen) atoms. The lowest BCUT2D eigenvalue weighted by atomic mass is 9.81. The normalized spacial score (nSPS) is 23.9. The molecule has 3 aromatic rings. The minimum atomic E-state index is -0.148. The van der Waals surface area contributed by atoms with Crippen molar-refractivity contribution in [1.29, 1.82) is 0 Å². The molecule has 5 nitrogen and oxygen atoms in total. The summed E-state index contributed by atoms with van der Waals surface area (Å²) in [6.07, 6.45) is 12.3. The van der Waals surface area contributed by atoms with E-state index in [2.05, 4.69) is 56.6 Å². The number of hydrazine groups is 1. The number of aromatic nitrogens is 1. The molecule has 0 unspecified atom stereocenters. The van der Waals surface area contributed by atoms with Gasteiger partial charge in [-0.2, -0.15) is 0 Å². The van der Waals surface area contributed by atoms with Gasteiger partial charge in [-0.3, -0.25) is 9.91 Å². The van der Waals surface area contributed by atoms with Gasteiger partial charge in [-0.1, -0.05) is 6.08 Å². The van der Waals surface area contributed by atoms with Gasteiger partial charge in [0, 0.05) is 55.5 Å². The lowest BCUT2D eigenvalue weighted by molar-refractivity contribution is 0.0752. The van der Waals surface area contributed by atoms with Crippen LogP contribution in [0.2, 0.25) is 0 Å². The summed E-state index contributed by atoms with van der Waals surface area (Å²) in [6.45, 7) is 4.28. The summed E-state index contributed by atoms with van der Waals surface area (Å²) in [5.41, 5.74) is 4.93. The Bertz CT molecular complexity index is 1190. The second kappa shape index (κ2) is 9.08. The summed E-state index contributed by atoms with van der Waals surface area (Å²) in [5.74, 6) is 1.30. The number of piperazine rings is 1. The fraction of sp³-hybridized carbons (Fsp3) is 0.429. The number of allylic oxidation sites excluding steroid dienone is 1. The van der Waals surface area contributed by atoms with Crippen molar-refractivity contribution in [2.75, 3.05) is 38.3 Å². The zero-order valence-corrected chi connectivity index (χ0v) is 19.8. The SMILES string of the molecule is COc1ccc2c(c1)CC=CN2N1CCN(C2CCC(c3c[nH]c4ccc(F)cc34)CC2)CC1. The minimum Gasteiger partial charge on any atom is -0.497 e. The number of anilines is 1. The van der Waals surface area contributed by atoms with E-state index >= 15 is 0 Å². The molecule has 6 heteroatoms. The Hall–Kier alpha value is -2.83. The lowest BCUT2D eigenvalue weighted by Crippen LogP contribution is -2.55. The molecule has 1 aromatic heterocycles. The van der Waals surface area contributed by atoms with E-state index in [1.807, 2.05) is 6.07 Å². The molecule has 3 aliphatic rings. The maximum atomic E-state index is 13.8. The van der Waals surface area contributed by atoms with Gasteiger partial charge in [-0.05, 0) is 85.5 Å². The maximum Gasteiger partial charge on any atom is 0.123 e. The van der Waals surface area contributed by atoms with E-state index in [0.29, 0.717) is 12.0 Å². The van der Waals surface area contributed by atoms with Gasteiger partial charge in [0.25, 0.3) is 0 Å². The van der Waals surface area contributed by atoms with Gasteiger partial charge in [-0.15, -0.1) is 0 Å². The number of fused-ring (bicyclic) bond motifs is 2. The molecule has 2 fully saturated rings. The Morgan fingerprint density at radius 1 is 0.971 bits per heavy atom. The zero-order chi connectivity index (χ0) is 23.1. The molecular weight excluding hydrogens is 427 g/mol. The van der Waals surface area contributed by atoms with Crippen molar-refractivity contribution < 1.29 is 9.13 Å². The van der Waals surface area contributed by atoms with Crippen LogP contribution in [-0.4, -0.2) is 54.2 Å². The number of benzene rings is 2. The van der Waals surface area contributed by atoms with Crippen molar-refractivity contribution in [2.45, 2.75) is 44.1 Å². The smallest absolute Gasteiger partial charge is 0.123 e. The second-order valence-electron chi connectivity index (χ2n) is 9.86. The number of aromatic amines is 1. The summed E-state index contributed by atoms with van der Waals surface area (Å²) in [6, 6.07) is 12.1. The summed E-state index contributed by atoms with van der Waals surface area (Å²) in [7, 11) is 1.73. The molecule has 178 valence electrons. The quantitative estimate of drug-likeness (QED) is 0.561. The molecule has 1 saturated carbocycles. The predicted molar refractivity (Wildman–Crippen MR) is 135 cm³/mol. The average Bonchev–Trinajstić information content (AvgIpc) is 3.31. The highest BCUT2D eigenvalue weighted by atomic mass is 19.1. The summed E-state index contributed by atoms with van der Waals surface area (Å²) in [5, 5.41) is 5.87. The first kappa shape index (κ1) is 21.7. The molecular formula is C28H33FN4O. The van der Waals surface area contributed by atoms with Gasteiger partial charge in [0.05, 0.1) is 12.8 Å². The number of ether oxygens (including phenoxy) is 1. The highest BCUT2D eigenvalue weighted by molar-refractivity contribution is 5.83. The van der Waals surface area contributed by atoms with E-state index in [9.17, 15) is 4.39 Å². The van der Waals surface area contributed by atoms with Crippen LogP contribution in [0.4, 0.5) is 10.1 Å². The van der Waals surface area contributed by atoms with E-state index in [1.165, 1.54) is 48.6 Å². The van der Waals surface area contributed by atoms with E-state index < -0.39 is 0 Å². The Morgan fingerprint density at radius 3 is 2.59 bits per heavy atom. The number of nitrogens with zero attached hydrogens (tertiary/aromatic N) is 3. The van der Waals surface area contributed by atoms with E-state index in [1.54, 1.807) is 13.2 Å². The van der Waals surface area contributed by atoms with Gasteiger partial charge in [0.2, 0.25) is 0 Å². The molecule has 0 atom stereocenters. The van der Waals surface area contributed by atoms with Crippen molar-refractivity contribution >= 4 is 16.6 Å². The summed E-state index contributed by atoms with van der Waals surface area (Å²) >= 11 is 0. The Morgan fingerprint density at radius 2 is 1.79 bits per heavy atom. The molecule has 3 heterocycles. The number of rotatable bonds is 4. The minimum absolute atomic E-state index is 0.148. The van der Waals surface area contributed by atoms with Crippen molar-refractivity contribution in [2.24, 2.45) is 0 Å². The molecule has 1 N–H and O–H groups in total. The first-order valence-corrected chi connectivity index (χ1v) is 12.6. The number of methoxy groups -OCH3 is 1. The Kier molecular flexibility index (Phi) is 5.79. The second-order valence-corrected chi connectivity index (χ2v) is 9.86. The number of hydrogen-bond donors (Lipinski definition) is 1. The fourth-order valence-electron chi connectivity index (χ4n) is 6.18. The van der Waals surface area contributed by atoms with E-state index in [0.717, 1.165) is 49.3 Å². The highest BCUT2D eigenvalue weighted by Gasteiger charge is 2.31. The first-order chi connectivity index (χ1) is 16.7. The van der Waals surface area contributed by atoms with Crippen LogP contribution in [0.25, 0.3) is 10.9 Å². The first-order valence-electron chi connectivity index (χ1n) is 12.6. The van der Waals surface area contributed by atoms with Crippen LogP contribution < -0.4 is 9.75 Å². The van der Waals surface area contributed by atoms with Crippen LogP contribution in [0, 0.1) is 5.82 Å². The largest absolute Gasteiger partial charge is 0.497 e. The van der Waals surface area contributed by atoms with Gasteiger partial charge in [0.15, 0.2) is 0 Å². The number of halogens is 1. The summed E-state index contributed by atoms with van der Waals surface area (Å²) in [4.78, 5) is 6.04. The van der Waals surface area contributed by atoms with Gasteiger partial charge in [-0.25, -0.2) is 9.40 Å². The van der Waals surface area contributed by atoms with Gasteiger partial charge in [0.1, 0.15) is 11.6 Å². The number of nitrogens with one attached hydrogen (secondary N) is 1. The van der Waals surface area contributed by atoms with Gasteiger partial charge >= 0.3 is 0 Å².